The van der Waals surface area contributed by atoms with Crippen molar-refractivity contribution in [3.8, 4) is 0 Å². The van der Waals surface area contributed by atoms with E-state index in [4.69, 9.17) is 10.2 Å². The highest BCUT2D eigenvalue weighted by atomic mass is 16.4. The first kappa shape index (κ1) is 11.1. The second kappa shape index (κ2) is 4.22. The molecule has 0 spiro atoms. The zero-order valence-corrected chi connectivity index (χ0v) is 6.52. The molecule has 0 fully saturated rings. The normalized spacial score (nSPS) is 8.62. The Morgan fingerprint density at radius 3 is 1.46 bits per heavy atom. The van der Waals surface area contributed by atoms with Crippen molar-refractivity contribution in [3.63, 3.8) is 0 Å². The lowest BCUT2D eigenvalue weighted by Crippen LogP contribution is -2.06. The van der Waals surface area contributed by atoms with Gasteiger partial charge in [0.1, 0.15) is 0 Å². The van der Waals surface area contributed by atoms with Crippen molar-refractivity contribution in [2.45, 2.75) is 0 Å². The standard InChI is InChI=1S/C8H6O4.H2O/c9-7(10)5-3-1-2-4-6(5)8(11)12;/h1-4H,(H,9,10)(H,11,12);1H2. The van der Waals surface area contributed by atoms with Gasteiger partial charge in [0.2, 0.25) is 0 Å². The fourth-order valence-corrected chi connectivity index (χ4v) is 0.856. The first-order valence-electron chi connectivity index (χ1n) is 3.18. The van der Waals surface area contributed by atoms with E-state index in [0.29, 0.717) is 0 Å². The van der Waals surface area contributed by atoms with Crippen LogP contribution in [-0.4, -0.2) is 27.6 Å². The minimum absolute atomic E-state index is 0. The number of hydrogen-bond acceptors (Lipinski definition) is 2. The molecule has 5 heteroatoms. The van der Waals surface area contributed by atoms with Gasteiger partial charge in [-0.2, -0.15) is 0 Å². The Balaban J connectivity index is 0.00000144. The van der Waals surface area contributed by atoms with Crippen molar-refractivity contribution in [1.82, 2.24) is 0 Å². The topological polar surface area (TPSA) is 106 Å². The first-order valence-corrected chi connectivity index (χ1v) is 3.18. The van der Waals surface area contributed by atoms with E-state index in [1.165, 1.54) is 24.3 Å². The first-order chi connectivity index (χ1) is 5.63. The fraction of sp³-hybridized carbons (Fsp3) is 0. The molecule has 5 nitrogen and oxygen atoms in total. The molecule has 0 saturated carbocycles. The number of aromatic carboxylic acids is 2. The quantitative estimate of drug-likeness (QED) is 0.687. The lowest BCUT2D eigenvalue weighted by Gasteiger charge is -1.98. The fourth-order valence-electron chi connectivity index (χ4n) is 0.856. The van der Waals surface area contributed by atoms with Crippen LogP contribution < -0.4 is 0 Å². The Labute approximate surface area is 73.6 Å². The summed E-state index contributed by atoms with van der Waals surface area (Å²) in [6.45, 7) is 0. The molecule has 70 valence electrons. The van der Waals surface area contributed by atoms with Crippen molar-refractivity contribution in [2.75, 3.05) is 0 Å². The third-order valence-electron chi connectivity index (χ3n) is 1.39. The number of carboxylic acid groups (broad SMARTS) is 2. The Morgan fingerprint density at radius 1 is 0.923 bits per heavy atom. The molecule has 0 heterocycles. The van der Waals surface area contributed by atoms with Gasteiger partial charge in [0.05, 0.1) is 11.1 Å². The molecule has 1 aromatic carbocycles. The van der Waals surface area contributed by atoms with Gasteiger partial charge in [-0.1, -0.05) is 12.1 Å². The Hall–Kier alpha value is -1.88. The van der Waals surface area contributed by atoms with Crippen molar-refractivity contribution >= 4 is 11.9 Å². The van der Waals surface area contributed by atoms with E-state index < -0.39 is 11.9 Å². The molecule has 0 saturated heterocycles. The van der Waals surface area contributed by atoms with E-state index in [-0.39, 0.29) is 16.6 Å². The summed E-state index contributed by atoms with van der Waals surface area (Å²) in [7, 11) is 0. The molecule has 0 aliphatic carbocycles. The van der Waals surface area contributed by atoms with Crippen molar-refractivity contribution < 1.29 is 25.3 Å². The van der Waals surface area contributed by atoms with E-state index in [2.05, 4.69) is 0 Å². The van der Waals surface area contributed by atoms with Gasteiger partial charge >= 0.3 is 11.9 Å². The zero-order chi connectivity index (χ0) is 9.14. The Kier molecular flexibility index (Phi) is 3.61. The van der Waals surface area contributed by atoms with Gasteiger partial charge in [-0.25, -0.2) is 9.59 Å². The van der Waals surface area contributed by atoms with Crippen LogP contribution in [0.5, 0.6) is 0 Å². The summed E-state index contributed by atoms with van der Waals surface area (Å²) < 4.78 is 0. The van der Waals surface area contributed by atoms with Crippen LogP contribution in [0.2, 0.25) is 0 Å². The van der Waals surface area contributed by atoms with Gasteiger partial charge < -0.3 is 15.7 Å². The Bertz CT molecular complexity index is 298. The van der Waals surface area contributed by atoms with Gasteiger partial charge in [0, 0.05) is 0 Å². The number of carbonyl (C=O) groups is 2. The zero-order valence-electron chi connectivity index (χ0n) is 6.52. The maximum absolute atomic E-state index is 10.5. The van der Waals surface area contributed by atoms with Gasteiger partial charge in [0.15, 0.2) is 0 Å². The number of benzene rings is 1. The van der Waals surface area contributed by atoms with Crippen LogP contribution in [-0.2, 0) is 0 Å². The van der Waals surface area contributed by atoms with Crippen LogP contribution in [0, 0.1) is 0 Å². The van der Waals surface area contributed by atoms with Crippen molar-refractivity contribution in [3.05, 3.63) is 35.4 Å². The van der Waals surface area contributed by atoms with Gasteiger partial charge in [-0.15, -0.1) is 0 Å². The van der Waals surface area contributed by atoms with Crippen LogP contribution in [0.4, 0.5) is 0 Å². The van der Waals surface area contributed by atoms with E-state index >= 15 is 0 Å². The van der Waals surface area contributed by atoms with Crippen LogP contribution >= 0.6 is 0 Å². The third kappa shape index (κ3) is 2.28. The maximum Gasteiger partial charge on any atom is 0.336 e. The average Bonchev–Trinajstić information content (AvgIpc) is 2.04. The molecule has 13 heavy (non-hydrogen) atoms. The van der Waals surface area contributed by atoms with E-state index in [1.54, 1.807) is 0 Å². The molecule has 0 bridgehead atoms. The minimum atomic E-state index is -1.23. The second-order valence-electron chi connectivity index (χ2n) is 2.16. The number of carboxylic acids is 2. The molecule has 0 aliphatic heterocycles. The van der Waals surface area contributed by atoms with E-state index in [9.17, 15) is 9.59 Å². The third-order valence-corrected chi connectivity index (χ3v) is 1.39. The van der Waals surface area contributed by atoms with Crippen LogP contribution in [0.3, 0.4) is 0 Å². The summed E-state index contributed by atoms with van der Waals surface area (Å²) >= 11 is 0. The lowest BCUT2D eigenvalue weighted by atomic mass is 10.1. The van der Waals surface area contributed by atoms with Crippen molar-refractivity contribution in [2.24, 2.45) is 0 Å². The molecule has 0 atom stereocenters. The van der Waals surface area contributed by atoms with Gasteiger partial charge in [-0.05, 0) is 12.1 Å². The highest BCUT2D eigenvalue weighted by molar-refractivity contribution is 6.01. The van der Waals surface area contributed by atoms with E-state index in [0.717, 1.165) is 0 Å². The van der Waals surface area contributed by atoms with Crippen LogP contribution in [0.15, 0.2) is 24.3 Å². The predicted octanol–water partition coefficient (Wildman–Crippen LogP) is 0.258. The Morgan fingerprint density at radius 2 is 1.23 bits per heavy atom. The lowest BCUT2D eigenvalue weighted by molar-refractivity contribution is 0.0651. The molecule has 0 unspecified atom stereocenters. The van der Waals surface area contributed by atoms with Crippen molar-refractivity contribution in [1.29, 1.82) is 0 Å². The highest BCUT2D eigenvalue weighted by Crippen LogP contribution is 2.07. The molecule has 1 rings (SSSR count). The molecule has 4 N–H and O–H groups in total. The number of rotatable bonds is 2. The SMILES string of the molecule is O.O=C(O)c1ccccc1C(=O)O. The van der Waals surface area contributed by atoms with Crippen LogP contribution in [0.1, 0.15) is 20.7 Å². The van der Waals surface area contributed by atoms with Crippen LogP contribution in [0.25, 0.3) is 0 Å². The van der Waals surface area contributed by atoms with E-state index in [1.807, 2.05) is 0 Å². The molecule has 0 amide bonds. The number of hydrogen-bond donors (Lipinski definition) is 2. The maximum atomic E-state index is 10.5. The predicted molar refractivity (Wildman–Crippen MR) is 44.0 cm³/mol. The average molecular weight is 184 g/mol. The summed E-state index contributed by atoms with van der Waals surface area (Å²) in [5.74, 6) is -2.46. The second-order valence-corrected chi connectivity index (χ2v) is 2.16. The molecule has 1 aromatic rings. The summed E-state index contributed by atoms with van der Waals surface area (Å²) in [6.07, 6.45) is 0. The monoisotopic (exact) mass is 184 g/mol. The molecule has 0 aromatic heterocycles. The highest BCUT2D eigenvalue weighted by Gasteiger charge is 2.13. The largest absolute Gasteiger partial charge is 0.478 e. The van der Waals surface area contributed by atoms with Gasteiger partial charge in [0.25, 0.3) is 0 Å². The summed E-state index contributed by atoms with van der Waals surface area (Å²) in [6, 6.07) is 5.48. The molecular weight excluding hydrogens is 176 g/mol. The molecule has 0 radical (unpaired) electrons. The summed E-state index contributed by atoms with van der Waals surface area (Å²) in [4.78, 5) is 20.9. The van der Waals surface area contributed by atoms with Gasteiger partial charge in [-0.3, -0.25) is 0 Å². The summed E-state index contributed by atoms with van der Waals surface area (Å²) in [5, 5.41) is 17.1. The summed E-state index contributed by atoms with van der Waals surface area (Å²) in [5.41, 5.74) is -0.380. The molecule has 0 aliphatic rings. The molecular formula is C8H8O5. The minimum Gasteiger partial charge on any atom is -0.478 e. The smallest absolute Gasteiger partial charge is 0.336 e.